The van der Waals surface area contributed by atoms with E-state index in [9.17, 15) is 4.79 Å². The molecule has 0 saturated heterocycles. The molecular formula is C18H24N4O2. The third-order valence-corrected chi connectivity index (χ3v) is 3.82. The molecule has 6 heteroatoms. The van der Waals surface area contributed by atoms with E-state index in [1.807, 2.05) is 27.0 Å². The second-order valence-electron chi connectivity index (χ2n) is 7.08. The second kappa shape index (κ2) is 6.65. The van der Waals surface area contributed by atoms with Crippen molar-refractivity contribution >= 4 is 6.09 Å². The number of carbonyl (C=O) groups is 1. The van der Waals surface area contributed by atoms with Crippen molar-refractivity contribution in [2.24, 2.45) is 0 Å². The summed E-state index contributed by atoms with van der Waals surface area (Å²) in [6.07, 6.45) is 3.31. The van der Waals surface area contributed by atoms with Crippen LogP contribution in [-0.2, 0) is 30.9 Å². The maximum absolute atomic E-state index is 12.2. The van der Waals surface area contributed by atoms with Gasteiger partial charge in [0.05, 0.1) is 6.54 Å². The first-order chi connectivity index (χ1) is 11.4. The molecular weight excluding hydrogens is 304 g/mol. The van der Waals surface area contributed by atoms with Crippen molar-refractivity contribution in [1.82, 2.24) is 20.2 Å². The number of hydrogen-bond acceptors (Lipinski definition) is 4. The van der Waals surface area contributed by atoms with Crippen LogP contribution in [0.1, 0.15) is 43.3 Å². The average Bonchev–Trinajstić information content (AvgIpc) is 3.13. The van der Waals surface area contributed by atoms with Crippen LogP contribution in [0.25, 0.3) is 0 Å². The predicted molar refractivity (Wildman–Crippen MR) is 91.1 cm³/mol. The summed E-state index contributed by atoms with van der Waals surface area (Å²) < 4.78 is 5.45. The van der Waals surface area contributed by atoms with Crippen molar-refractivity contribution in [3.8, 4) is 0 Å². The van der Waals surface area contributed by atoms with Crippen molar-refractivity contribution in [2.75, 3.05) is 0 Å². The minimum absolute atomic E-state index is 0.254. The molecule has 3 rings (SSSR count). The van der Waals surface area contributed by atoms with E-state index >= 15 is 0 Å². The molecule has 0 saturated carbocycles. The Kier molecular flexibility index (Phi) is 4.57. The van der Waals surface area contributed by atoms with Crippen LogP contribution < -0.4 is 5.32 Å². The van der Waals surface area contributed by atoms with Crippen LogP contribution in [0.3, 0.4) is 0 Å². The highest BCUT2D eigenvalue weighted by atomic mass is 16.6. The van der Waals surface area contributed by atoms with Gasteiger partial charge in [-0.05, 0) is 37.5 Å². The predicted octanol–water partition coefficient (Wildman–Crippen LogP) is 2.95. The molecule has 0 spiro atoms. The van der Waals surface area contributed by atoms with Crippen LogP contribution in [0.4, 0.5) is 4.79 Å². The van der Waals surface area contributed by atoms with Gasteiger partial charge in [-0.2, -0.15) is 0 Å². The zero-order valence-electron chi connectivity index (χ0n) is 14.4. The number of hydrogen-bond donors (Lipinski definition) is 2. The number of fused-ring (bicyclic) bond motifs is 1. The number of nitrogens with zero attached hydrogens (tertiary/aromatic N) is 2. The lowest BCUT2D eigenvalue weighted by molar-refractivity contribution is 0.0242. The van der Waals surface area contributed by atoms with Gasteiger partial charge in [0.1, 0.15) is 11.4 Å². The molecule has 0 atom stereocenters. The van der Waals surface area contributed by atoms with Crippen LogP contribution in [-0.4, -0.2) is 26.6 Å². The molecule has 1 aliphatic rings. The maximum atomic E-state index is 12.2. The Morgan fingerprint density at radius 2 is 2.08 bits per heavy atom. The Hall–Kier alpha value is -2.34. The summed E-state index contributed by atoms with van der Waals surface area (Å²) in [5.74, 6) is 0.923. The van der Waals surface area contributed by atoms with Gasteiger partial charge in [-0.15, -0.1) is 0 Å². The lowest BCUT2D eigenvalue weighted by atomic mass is 10.1. The van der Waals surface area contributed by atoms with E-state index < -0.39 is 5.60 Å². The average molecular weight is 328 g/mol. The van der Waals surface area contributed by atoms with Gasteiger partial charge in [-0.3, -0.25) is 4.90 Å². The minimum Gasteiger partial charge on any atom is -0.444 e. The van der Waals surface area contributed by atoms with Gasteiger partial charge in [0.25, 0.3) is 0 Å². The summed E-state index contributed by atoms with van der Waals surface area (Å²) in [5, 5.41) is 3.36. The number of ether oxygens (including phenoxy) is 1. The number of rotatable bonds is 4. The SMILES string of the molecule is CC(C)(C)OC(=O)N1Cc2ccc(CNCc3ncc[nH]3)cc2C1. The van der Waals surface area contributed by atoms with E-state index in [4.69, 9.17) is 4.74 Å². The van der Waals surface area contributed by atoms with E-state index in [2.05, 4.69) is 33.5 Å². The highest BCUT2D eigenvalue weighted by Gasteiger charge is 2.27. The van der Waals surface area contributed by atoms with Crippen molar-refractivity contribution in [1.29, 1.82) is 0 Å². The molecule has 6 nitrogen and oxygen atoms in total. The van der Waals surface area contributed by atoms with Gasteiger partial charge in [0.2, 0.25) is 0 Å². The fraction of sp³-hybridized carbons (Fsp3) is 0.444. The van der Waals surface area contributed by atoms with Gasteiger partial charge in [-0.1, -0.05) is 18.2 Å². The number of benzene rings is 1. The summed E-state index contributed by atoms with van der Waals surface area (Å²) >= 11 is 0. The number of imidazole rings is 1. The van der Waals surface area contributed by atoms with Gasteiger partial charge in [0, 0.05) is 32.0 Å². The standard InChI is InChI=1S/C18H24N4O2/c1-18(2,3)24-17(23)22-11-14-5-4-13(8-15(14)12-22)9-19-10-16-20-6-7-21-16/h4-8,19H,9-12H2,1-3H3,(H,20,21). The van der Waals surface area contributed by atoms with Crippen molar-refractivity contribution in [3.05, 3.63) is 53.1 Å². The summed E-state index contributed by atoms with van der Waals surface area (Å²) in [6.45, 7) is 8.35. The third-order valence-electron chi connectivity index (χ3n) is 3.82. The van der Waals surface area contributed by atoms with Crippen molar-refractivity contribution in [3.63, 3.8) is 0 Å². The first kappa shape index (κ1) is 16.5. The van der Waals surface area contributed by atoms with E-state index in [-0.39, 0.29) is 6.09 Å². The smallest absolute Gasteiger partial charge is 0.410 e. The first-order valence-electron chi connectivity index (χ1n) is 8.18. The van der Waals surface area contributed by atoms with Gasteiger partial charge in [-0.25, -0.2) is 9.78 Å². The molecule has 1 aromatic carbocycles. The minimum atomic E-state index is -0.465. The number of aromatic nitrogens is 2. The number of aromatic amines is 1. The summed E-state index contributed by atoms with van der Waals surface area (Å²) in [7, 11) is 0. The number of carbonyl (C=O) groups excluding carboxylic acids is 1. The molecule has 2 N–H and O–H groups in total. The molecule has 0 bridgehead atoms. The second-order valence-corrected chi connectivity index (χ2v) is 7.08. The third kappa shape index (κ3) is 4.14. The molecule has 0 aliphatic carbocycles. The maximum Gasteiger partial charge on any atom is 0.410 e. The molecule has 128 valence electrons. The molecule has 2 heterocycles. The molecule has 0 radical (unpaired) electrons. The Morgan fingerprint density at radius 3 is 2.79 bits per heavy atom. The van der Waals surface area contributed by atoms with Gasteiger partial charge < -0.3 is 15.0 Å². The molecule has 2 aromatic rings. The zero-order valence-corrected chi connectivity index (χ0v) is 14.4. The van der Waals surface area contributed by atoms with Crippen LogP contribution >= 0.6 is 0 Å². The molecule has 1 amide bonds. The Labute approximate surface area is 142 Å². The largest absolute Gasteiger partial charge is 0.444 e. The fourth-order valence-electron chi connectivity index (χ4n) is 2.73. The first-order valence-corrected chi connectivity index (χ1v) is 8.18. The van der Waals surface area contributed by atoms with E-state index in [0.29, 0.717) is 19.6 Å². The van der Waals surface area contributed by atoms with Crippen molar-refractivity contribution < 1.29 is 9.53 Å². The van der Waals surface area contributed by atoms with E-state index in [1.54, 1.807) is 11.1 Å². The lowest BCUT2D eigenvalue weighted by Gasteiger charge is -2.24. The molecule has 0 fully saturated rings. The monoisotopic (exact) mass is 328 g/mol. The highest BCUT2D eigenvalue weighted by molar-refractivity contribution is 5.69. The number of nitrogens with one attached hydrogen (secondary N) is 2. The fourth-order valence-corrected chi connectivity index (χ4v) is 2.73. The highest BCUT2D eigenvalue weighted by Crippen LogP contribution is 2.25. The topological polar surface area (TPSA) is 70.2 Å². The van der Waals surface area contributed by atoms with Gasteiger partial charge >= 0.3 is 6.09 Å². The van der Waals surface area contributed by atoms with Crippen LogP contribution in [0, 0.1) is 0 Å². The zero-order chi connectivity index (χ0) is 17.2. The quantitative estimate of drug-likeness (QED) is 0.905. The summed E-state index contributed by atoms with van der Waals surface area (Å²) in [5.41, 5.74) is 3.12. The molecule has 1 aliphatic heterocycles. The molecule has 0 unspecified atom stereocenters. The number of H-pyrrole nitrogens is 1. The summed E-state index contributed by atoms with van der Waals surface area (Å²) in [4.78, 5) is 21.2. The Morgan fingerprint density at radius 1 is 1.29 bits per heavy atom. The van der Waals surface area contributed by atoms with Crippen molar-refractivity contribution in [2.45, 2.75) is 52.6 Å². The van der Waals surface area contributed by atoms with Crippen LogP contribution in [0.15, 0.2) is 30.6 Å². The van der Waals surface area contributed by atoms with Crippen LogP contribution in [0.2, 0.25) is 0 Å². The molecule has 24 heavy (non-hydrogen) atoms. The lowest BCUT2D eigenvalue weighted by Crippen LogP contribution is -2.33. The Bertz CT molecular complexity index is 704. The molecule has 1 aromatic heterocycles. The summed E-state index contributed by atoms with van der Waals surface area (Å²) in [6, 6.07) is 6.37. The normalized spacial score (nSPS) is 13.9. The van der Waals surface area contributed by atoms with E-state index in [0.717, 1.165) is 12.4 Å². The Balaban J connectivity index is 1.56. The van der Waals surface area contributed by atoms with Gasteiger partial charge in [0.15, 0.2) is 0 Å². The van der Waals surface area contributed by atoms with Crippen LogP contribution in [0.5, 0.6) is 0 Å². The number of amides is 1. The van der Waals surface area contributed by atoms with E-state index in [1.165, 1.54) is 16.7 Å².